The van der Waals surface area contributed by atoms with Crippen LogP contribution in [0.15, 0.2) is 36.4 Å². The Morgan fingerprint density at radius 1 is 1.07 bits per heavy atom. The summed E-state index contributed by atoms with van der Waals surface area (Å²) in [6.45, 7) is 5.34. The third-order valence-electron chi connectivity index (χ3n) is 5.81. The van der Waals surface area contributed by atoms with Crippen LogP contribution in [0.1, 0.15) is 55.8 Å². The molecule has 0 fully saturated rings. The van der Waals surface area contributed by atoms with Gasteiger partial charge in [-0.1, -0.05) is 32.4 Å². The number of benzene rings is 2. The third kappa shape index (κ3) is 4.89. The number of unbranched alkanes of at least 4 members (excludes halogenated alkanes) is 1. The molecule has 0 spiro atoms. The summed E-state index contributed by atoms with van der Waals surface area (Å²) >= 11 is 0. The van der Waals surface area contributed by atoms with Crippen molar-refractivity contribution >= 4 is 5.91 Å². The van der Waals surface area contributed by atoms with E-state index in [9.17, 15) is 4.79 Å². The first-order valence-corrected chi connectivity index (χ1v) is 10.9. The molecule has 5 nitrogen and oxygen atoms in total. The maximum absolute atomic E-state index is 13.0. The molecule has 1 aliphatic heterocycles. The highest BCUT2D eigenvalue weighted by Gasteiger charge is 2.32. The summed E-state index contributed by atoms with van der Waals surface area (Å²) in [6.07, 6.45) is 4.28. The molecule has 1 aliphatic rings. The summed E-state index contributed by atoms with van der Waals surface area (Å²) in [5.74, 6) is 2.40. The van der Waals surface area contributed by atoms with Crippen LogP contribution in [0.25, 0.3) is 0 Å². The van der Waals surface area contributed by atoms with Gasteiger partial charge in [-0.15, -0.1) is 0 Å². The molecule has 1 amide bonds. The summed E-state index contributed by atoms with van der Waals surface area (Å²) in [7, 11) is 3.28. The zero-order valence-electron chi connectivity index (χ0n) is 18.6. The lowest BCUT2D eigenvalue weighted by Gasteiger charge is -2.37. The average molecular weight is 412 g/mol. The van der Waals surface area contributed by atoms with Gasteiger partial charge < -0.3 is 19.1 Å². The van der Waals surface area contributed by atoms with Crippen LogP contribution < -0.4 is 14.2 Å². The van der Waals surface area contributed by atoms with Crippen LogP contribution in [0.3, 0.4) is 0 Å². The van der Waals surface area contributed by atoms with Crippen molar-refractivity contribution in [3.63, 3.8) is 0 Å². The predicted molar refractivity (Wildman–Crippen MR) is 119 cm³/mol. The predicted octanol–water partition coefficient (Wildman–Crippen LogP) is 4.96. The Labute approximate surface area is 179 Å². The first-order valence-electron chi connectivity index (χ1n) is 10.9. The molecule has 0 aromatic heterocycles. The molecule has 1 heterocycles. The van der Waals surface area contributed by atoms with Gasteiger partial charge in [-0.2, -0.15) is 0 Å². The van der Waals surface area contributed by atoms with Gasteiger partial charge in [0.15, 0.2) is 11.5 Å². The Morgan fingerprint density at radius 3 is 2.40 bits per heavy atom. The van der Waals surface area contributed by atoms with Crippen molar-refractivity contribution in [2.24, 2.45) is 0 Å². The van der Waals surface area contributed by atoms with E-state index in [-0.39, 0.29) is 11.9 Å². The molecule has 0 saturated carbocycles. The summed E-state index contributed by atoms with van der Waals surface area (Å²) in [5.41, 5.74) is 3.54. The van der Waals surface area contributed by atoms with E-state index in [0.29, 0.717) is 25.3 Å². The fourth-order valence-electron chi connectivity index (χ4n) is 3.97. The SMILES string of the molecule is CCCCC(=O)N1CCc2cc(OC)c(OC)cc2[C@@H]1COc1ccc(CC)cc1. The van der Waals surface area contributed by atoms with Crippen molar-refractivity contribution in [2.75, 3.05) is 27.4 Å². The zero-order valence-corrected chi connectivity index (χ0v) is 18.6. The Hall–Kier alpha value is -2.69. The summed E-state index contributed by atoms with van der Waals surface area (Å²) in [4.78, 5) is 14.9. The van der Waals surface area contributed by atoms with Gasteiger partial charge in [-0.25, -0.2) is 0 Å². The van der Waals surface area contributed by atoms with Crippen LogP contribution in [-0.4, -0.2) is 38.2 Å². The lowest BCUT2D eigenvalue weighted by molar-refractivity contribution is -0.135. The molecule has 1 atom stereocenters. The minimum Gasteiger partial charge on any atom is -0.493 e. The topological polar surface area (TPSA) is 48.0 Å². The molecule has 3 rings (SSSR count). The smallest absolute Gasteiger partial charge is 0.223 e. The number of rotatable bonds is 9. The van der Waals surface area contributed by atoms with Gasteiger partial charge in [0.05, 0.1) is 20.3 Å². The van der Waals surface area contributed by atoms with E-state index in [4.69, 9.17) is 14.2 Å². The number of hydrogen-bond donors (Lipinski definition) is 0. The number of carbonyl (C=O) groups is 1. The van der Waals surface area contributed by atoms with E-state index < -0.39 is 0 Å². The number of hydrogen-bond acceptors (Lipinski definition) is 4. The Morgan fingerprint density at radius 2 is 1.77 bits per heavy atom. The van der Waals surface area contributed by atoms with E-state index in [1.165, 1.54) is 11.1 Å². The highest BCUT2D eigenvalue weighted by atomic mass is 16.5. The van der Waals surface area contributed by atoms with Crippen molar-refractivity contribution in [3.8, 4) is 17.2 Å². The van der Waals surface area contributed by atoms with Crippen molar-refractivity contribution in [1.82, 2.24) is 4.90 Å². The molecule has 0 bridgehead atoms. The van der Waals surface area contributed by atoms with Crippen molar-refractivity contribution in [3.05, 3.63) is 53.1 Å². The average Bonchev–Trinajstić information content (AvgIpc) is 2.80. The molecule has 0 saturated heterocycles. The molecular weight excluding hydrogens is 378 g/mol. The minimum atomic E-state index is -0.149. The van der Waals surface area contributed by atoms with Crippen LogP contribution >= 0.6 is 0 Å². The molecule has 162 valence electrons. The lowest BCUT2D eigenvalue weighted by Crippen LogP contribution is -2.42. The van der Waals surface area contributed by atoms with Crippen LogP contribution in [0.2, 0.25) is 0 Å². The number of aryl methyl sites for hydroxylation is 1. The van der Waals surface area contributed by atoms with E-state index in [0.717, 1.165) is 42.7 Å². The van der Waals surface area contributed by atoms with Gasteiger partial charge in [-0.05, 0) is 60.2 Å². The normalized spacial score (nSPS) is 15.5. The third-order valence-corrected chi connectivity index (χ3v) is 5.81. The summed E-state index contributed by atoms with van der Waals surface area (Å²) in [6, 6.07) is 12.1. The Bertz CT molecular complexity index is 847. The minimum absolute atomic E-state index is 0.149. The van der Waals surface area contributed by atoms with Gasteiger partial charge >= 0.3 is 0 Å². The Balaban J connectivity index is 1.89. The molecule has 0 aliphatic carbocycles. The molecule has 0 radical (unpaired) electrons. The van der Waals surface area contributed by atoms with Crippen LogP contribution in [-0.2, 0) is 17.6 Å². The van der Waals surface area contributed by atoms with Gasteiger partial charge in [-0.3, -0.25) is 4.79 Å². The van der Waals surface area contributed by atoms with Crippen LogP contribution in [0, 0.1) is 0 Å². The first-order chi connectivity index (χ1) is 14.6. The number of ether oxygens (including phenoxy) is 3. The number of nitrogens with zero attached hydrogens (tertiary/aromatic N) is 1. The summed E-state index contributed by atoms with van der Waals surface area (Å²) in [5, 5.41) is 0. The van der Waals surface area contributed by atoms with E-state index in [1.54, 1.807) is 14.2 Å². The molecule has 0 unspecified atom stereocenters. The van der Waals surface area contributed by atoms with E-state index in [2.05, 4.69) is 26.0 Å². The number of fused-ring (bicyclic) bond motifs is 1. The Kier molecular flexibility index (Phi) is 7.61. The maximum Gasteiger partial charge on any atom is 0.223 e. The number of carbonyl (C=O) groups excluding carboxylic acids is 1. The molecule has 5 heteroatoms. The number of amides is 1. The standard InChI is InChI=1S/C25H33NO4/c1-5-7-8-25(27)26-14-13-19-15-23(28-3)24(29-4)16-21(19)22(26)17-30-20-11-9-18(6-2)10-12-20/h9-12,15-16,22H,5-8,13-14,17H2,1-4H3/t22-/m0/s1. The monoisotopic (exact) mass is 411 g/mol. The van der Waals surface area contributed by atoms with Crippen LogP contribution in [0.5, 0.6) is 17.2 Å². The fraction of sp³-hybridized carbons (Fsp3) is 0.480. The largest absolute Gasteiger partial charge is 0.493 e. The van der Waals surface area contributed by atoms with Crippen molar-refractivity contribution < 1.29 is 19.0 Å². The van der Waals surface area contributed by atoms with E-state index >= 15 is 0 Å². The fourth-order valence-corrected chi connectivity index (χ4v) is 3.97. The summed E-state index contributed by atoms with van der Waals surface area (Å²) < 4.78 is 17.2. The second-order valence-electron chi connectivity index (χ2n) is 7.67. The second-order valence-corrected chi connectivity index (χ2v) is 7.67. The van der Waals surface area contributed by atoms with Gasteiger partial charge in [0.25, 0.3) is 0 Å². The van der Waals surface area contributed by atoms with Crippen molar-refractivity contribution in [2.45, 2.75) is 52.0 Å². The van der Waals surface area contributed by atoms with Gasteiger partial charge in [0, 0.05) is 13.0 Å². The highest BCUT2D eigenvalue weighted by Crippen LogP contribution is 2.38. The molecule has 2 aromatic rings. The second kappa shape index (κ2) is 10.4. The van der Waals surface area contributed by atoms with Gasteiger partial charge in [0.2, 0.25) is 5.91 Å². The molecule has 30 heavy (non-hydrogen) atoms. The lowest BCUT2D eigenvalue weighted by atomic mass is 9.91. The molecular formula is C25H33NO4. The quantitative estimate of drug-likeness (QED) is 0.585. The first kappa shape index (κ1) is 22.0. The van der Waals surface area contributed by atoms with Gasteiger partial charge in [0.1, 0.15) is 12.4 Å². The van der Waals surface area contributed by atoms with Crippen molar-refractivity contribution in [1.29, 1.82) is 0 Å². The number of methoxy groups -OCH3 is 2. The molecule has 2 aromatic carbocycles. The molecule has 0 N–H and O–H groups in total. The highest BCUT2D eigenvalue weighted by molar-refractivity contribution is 5.77. The van der Waals surface area contributed by atoms with Crippen LogP contribution in [0.4, 0.5) is 0 Å². The zero-order chi connectivity index (χ0) is 21.5. The maximum atomic E-state index is 13.0. The van der Waals surface area contributed by atoms with E-state index in [1.807, 2.05) is 29.2 Å².